The van der Waals surface area contributed by atoms with E-state index in [-0.39, 0.29) is 5.91 Å². The van der Waals surface area contributed by atoms with Crippen molar-refractivity contribution < 1.29 is 9.90 Å². The molecular weight excluding hydrogens is 318 g/mol. The molecule has 2 heterocycles. The highest BCUT2D eigenvalue weighted by Crippen LogP contribution is 2.15. The fraction of sp³-hybridized carbons (Fsp3) is 0.500. The minimum absolute atomic E-state index is 0.198. The van der Waals surface area contributed by atoms with Crippen molar-refractivity contribution in [1.82, 2.24) is 24.6 Å². The third-order valence-corrected chi connectivity index (χ3v) is 4.58. The Morgan fingerprint density at radius 1 is 1.16 bits per heavy atom. The second-order valence-electron chi connectivity index (χ2n) is 6.37. The molecule has 0 bridgehead atoms. The first-order valence-electron chi connectivity index (χ1n) is 8.78. The average molecular weight is 343 g/mol. The van der Waals surface area contributed by atoms with Gasteiger partial charge in [0.2, 0.25) is 5.91 Å². The molecule has 0 spiro atoms. The van der Waals surface area contributed by atoms with Gasteiger partial charge in [0.25, 0.3) is 0 Å². The van der Waals surface area contributed by atoms with Gasteiger partial charge in [0.1, 0.15) is 12.7 Å². The number of carbonyl (C=O) groups is 1. The smallest absolute Gasteiger partial charge is 0.222 e. The van der Waals surface area contributed by atoms with Crippen LogP contribution in [0.15, 0.2) is 43.0 Å². The van der Waals surface area contributed by atoms with Crippen LogP contribution in [0.25, 0.3) is 0 Å². The van der Waals surface area contributed by atoms with E-state index < -0.39 is 6.10 Å². The monoisotopic (exact) mass is 343 g/mol. The SMILES string of the molecule is O=C(CCCn1cncn1)N1CCN(C[C@H](O)c2ccccc2)CC1. The summed E-state index contributed by atoms with van der Waals surface area (Å²) in [5.74, 6) is 0.198. The first-order chi connectivity index (χ1) is 12.2. The van der Waals surface area contributed by atoms with Crippen LogP contribution in [-0.2, 0) is 11.3 Å². The number of aliphatic hydroxyl groups is 1. The molecule has 0 saturated carbocycles. The molecule has 1 fully saturated rings. The lowest BCUT2D eigenvalue weighted by atomic mass is 10.1. The van der Waals surface area contributed by atoms with Crippen LogP contribution in [0.3, 0.4) is 0 Å². The van der Waals surface area contributed by atoms with Crippen molar-refractivity contribution in [2.24, 2.45) is 0 Å². The van der Waals surface area contributed by atoms with Gasteiger partial charge in [-0.1, -0.05) is 30.3 Å². The molecular formula is C18H25N5O2. The van der Waals surface area contributed by atoms with E-state index in [1.54, 1.807) is 11.0 Å². The van der Waals surface area contributed by atoms with Crippen LogP contribution < -0.4 is 0 Å². The topological polar surface area (TPSA) is 74.5 Å². The summed E-state index contributed by atoms with van der Waals surface area (Å²) in [6.45, 7) is 4.39. The number of aryl methyl sites for hydroxylation is 1. The van der Waals surface area contributed by atoms with Gasteiger partial charge < -0.3 is 10.0 Å². The van der Waals surface area contributed by atoms with E-state index in [1.165, 1.54) is 6.33 Å². The van der Waals surface area contributed by atoms with E-state index >= 15 is 0 Å². The Balaban J connectivity index is 1.37. The van der Waals surface area contributed by atoms with E-state index in [2.05, 4.69) is 15.0 Å². The maximum atomic E-state index is 12.3. The van der Waals surface area contributed by atoms with E-state index in [0.29, 0.717) is 13.0 Å². The summed E-state index contributed by atoms with van der Waals surface area (Å²) in [5, 5.41) is 14.4. The highest BCUT2D eigenvalue weighted by atomic mass is 16.3. The Kier molecular flexibility index (Phi) is 6.14. The molecule has 1 aliphatic heterocycles. The molecule has 1 aromatic heterocycles. The predicted octanol–water partition coefficient (Wildman–Crippen LogP) is 0.936. The first-order valence-corrected chi connectivity index (χ1v) is 8.78. The highest BCUT2D eigenvalue weighted by molar-refractivity contribution is 5.76. The molecule has 7 nitrogen and oxygen atoms in total. The molecule has 7 heteroatoms. The van der Waals surface area contributed by atoms with Crippen LogP contribution in [0.2, 0.25) is 0 Å². The predicted molar refractivity (Wildman–Crippen MR) is 93.7 cm³/mol. The second-order valence-corrected chi connectivity index (χ2v) is 6.37. The number of hydrogen-bond donors (Lipinski definition) is 1. The largest absolute Gasteiger partial charge is 0.387 e. The van der Waals surface area contributed by atoms with Gasteiger partial charge in [0.05, 0.1) is 6.10 Å². The summed E-state index contributed by atoms with van der Waals surface area (Å²) in [5.41, 5.74) is 0.939. The summed E-state index contributed by atoms with van der Waals surface area (Å²) >= 11 is 0. The zero-order valence-electron chi connectivity index (χ0n) is 14.4. The molecule has 25 heavy (non-hydrogen) atoms. The van der Waals surface area contributed by atoms with Crippen molar-refractivity contribution in [2.45, 2.75) is 25.5 Å². The van der Waals surface area contributed by atoms with Gasteiger partial charge in [-0.3, -0.25) is 14.4 Å². The van der Waals surface area contributed by atoms with Gasteiger partial charge in [-0.25, -0.2) is 4.98 Å². The molecule has 1 atom stereocenters. The zero-order chi connectivity index (χ0) is 17.5. The van der Waals surface area contributed by atoms with Gasteiger partial charge in [0, 0.05) is 45.7 Å². The minimum atomic E-state index is -0.480. The normalized spacial score (nSPS) is 16.8. The van der Waals surface area contributed by atoms with Crippen LogP contribution in [-0.4, -0.2) is 68.3 Å². The Labute approximate surface area is 147 Å². The number of benzene rings is 1. The number of rotatable bonds is 7. The Morgan fingerprint density at radius 3 is 2.60 bits per heavy atom. The molecule has 0 unspecified atom stereocenters. The number of hydrogen-bond acceptors (Lipinski definition) is 5. The number of β-amino-alcohol motifs (C(OH)–C–C–N with tert-alkyl or cyclic N) is 1. The first kappa shape index (κ1) is 17.6. The highest BCUT2D eigenvalue weighted by Gasteiger charge is 2.22. The number of nitrogens with zero attached hydrogens (tertiary/aromatic N) is 5. The molecule has 1 aromatic carbocycles. The van der Waals surface area contributed by atoms with E-state index in [1.807, 2.05) is 35.2 Å². The van der Waals surface area contributed by atoms with E-state index in [9.17, 15) is 9.90 Å². The second kappa shape index (κ2) is 8.73. The van der Waals surface area contributed by atoms with Crippen LogP contribution in [0, 0.1) is 0 Å². The zero-order valence-corrected chi connectivity index (χ0v) is 14.4. The molecule has 1 N–H and O–H groups in total. The van der Waals surface area contributed by atoms with E-state index in [0.717, 1.165) is 44.7 Å². The van der Waals surface area contributed by atoms with Gasteiger partial charge in [0.15, 0.2) is 0 Å². The van der Waals surface area contributed by atoms with Crippen LogP contribution in [0.4, 0.5) is 0 Å². The molecule has 0 aliphatic carbocycles. The van der Waals surface area contributed by atoms with Crippen LogP contribution in [0.5, 0.6) is 0 Å². The number of piperazine rings is 1. The maximum Gasteiger partial charge on any atom is 0.222 e. The number of amides is 1. The lowest BCUT2D eigenvalue weighted by Gasteiger charge is -2.35. The van der Waals surface area contributed by atoms with Crippen molar-refractivity contribution in [3.8, 4) is 0 Å². The van der Waals surface area contributed by atoms with Crippen molar-refractivity contribution in [1.29, 1.82) is 0 Å². The Morgan fingerprint density at radius 2 is 1.92 bits per heavy atom. The molecule has 1 saturated heterocycles. The molecule has 1 aliphatic rings. The molecule has 134 valence electrons. The summed E-state index contributed by atoms with van der Waals surface area (Å²) in [6, 6.07) is 9.71. The lowest BCUT2D eigenvalue weighted by Crippen LogP contribution is -2.49. The minimum Gasteiger partial charge on any atom is -0.387 e. The van der Waals surface area contributed by atoms with Crippen LogP contribution >= 0.6 is 0 Å². The van der Waals surface area contributed by atoms with E-state index in [4.69, 9.17) is 0 Å². The number of aromatic nitrogens is 3. The van der Waals surface area contributed by atoms with Crippen molar-refractivity contribution in [2.75, 3.05) is 32.7 Å². The van der Waals surface area contributed by atoms with Gasteiger partial charge in [-0.2, -0.15) is 5.10 Å². The fourth-order valence-corrected chi connectivity index (χ4v) is 3.10. The summed E-state index contributed by atoms with van der Waals surface area (Å²) in [4.78, 5) is 20.3. The number of carbonyl (C=O) groups excluding carboxylic acids is 1. The van der Waals surface area contributed by atoms with Gasteiger partial charge in [-0.15, -0.1) is 0 Å². The van der Waals surface area contributed by atoms with Crippen molar-refractivity contribution in [3.63, 3.8) is 0 Å². The number of aliphatic hydroxyl groups excluding tert-OH is 1. The standard InChI is InChI=1S/C18H25N5O2/c24-17(16-5-2-1-3-6-16)13-21-9-11-22(12-10-21)18(25)7-4-8-23-15-19-14-20-23/h1-3,5-6,14-15,17,24H,4,7-13H2/t17-/m0/s1. The Bertz CT molecular complexity index is 639. The quantitative estimate of drug-likeness (QED) is 0.810. The fourth-order valence-electron chi connectivity index (χ4n) is 3.10. The Hall–Kier alpha value is -2.25. The van der Waals surface area contributed by atoms with Crippen molar-refractivity contribution in [3.05, 3.63) is 48.5 Å². The average Bonchev–Trinajstić information content (AvgIpc) is 3.16. The molecule has 2 aromatic rings. The third-order valence-electron chi connectivity index (χ3n) is 4.58. The molecule has 1 amide bonds. The van der Waals surface area contributed by atoms with Gasteiger partial charge >= 0.3 is 0 Å². The molecule has 0 radical (unpaired) electrons. The van der Waals surface area contributed by atoms with Crippen molar-refractivity contribution >= 4 is 5.91 Å². The molecule has 3 rings (SSSR count). The van der Waals surface area contributed by atoms with Crippen LogP contribution in [0.1, 0.15) is 24.5 Å². The maximum absolute atomic E-state index is 12.3. The lowest BCUT2D eigenvalue weighted by molar-refractivity contribution is -0.133. The van der Waals surface area contributed by atoms with Gasteiger partial charge in [-0.05, 0) is 12.0 Å². The summed E-state index contributed by atoms with van der Waals surface area (Å²) < 4.78 is 1.75. The summed E-state index contributed by atoms with van der Waals surface area (Å²) in [6.07, 6.45) is 4.00. The third kappa shape index (κ3) is 5.11. The summed E-state index contributed by atoms with van der Waals surface area (Å²) in [7, 11) is 0.